The lowest BCUT2D eigenvalue weighted by Gasteiger charge is -2.51. The molecule has 3 aliphatic rings. The van der Waals surface area contributed by atoms with Crippen LogP contribution in [0.4, 0.5) is 0 Å². The second-order valence-electron chi connectivity index (χ2n) is 8.26. The summed E-state index contributed by atoms with van der Waals surface area (Å²) in [5.74, 6) is 4.61. The smallest absolute Gasteiger partial charge is 0.188 e. The normalized spacial score (nSPS) is 21.4. The maximum Gasteiger partial charge on any atom is 0.188 e. The van der Waals surface area contributed by atoms with E-state index in [4.69, 9.17) is 28.4 Å². The van der Waals surface area contributed by atoms with Crippen LogP contribution in [0.25, 0.3) is 0 Å². The Morgan fingerprint density at radius 1 is 0.559 bits per heavy atom. The number of fused-ring (bicyclic) bond motifs is 6. The van der Waals surface area contributed by atoms with Gasteiger partial charge in [0.15, 0.2) is 18.7 Å². The zero-order valence-corrected chi connectivity index (χ0v) is 19.4. The lowest BCUT2D eigenvalue weighted by atomic mass is 9.98. The van der Waals surface area contributed by atoms with E-state index in [1.165, 1.54) is 0 Å². The van der Waals surface area contributed by atoms with Crippen LogP contribution in [-0.2, 0) is 0 Å². The predicted molar refractivity (Wildman–Crippen MR) is 125 cm³/mol. The van der Waals surface area contributed by atoms with Gasteiger partial charge >= 0.3 is 0 Å². The number of rotatable bonds is 6. The minimum absolute atomic E-state index is 0.409. The zero-order valence-electron chi connectivity index (χ0n) is 19.4. The first kappa shape index (κ1) is 21.0. The van der Waals surface area contributed by atoms with Gasteiger partial charge in [-0.1, -0.05) is 0 Å². The average Bonchev–Trinajstić information content (AvgIpc) is 2.85. The Morgan fingerprint density at radius 2 is 0.882 bits per heavy atom. The van der Waals surface area contributed by atoms with Crippen molar-refractivity contribution in [2.24, 2.45) is 0 Å². The third-order valence-corrected chi connectivity index (χ3v) is 6.20. The first-order valence-corrected chi connectivity index (χ1v) is 11.8. The molecular weight excluding hydrogens is 434 g/mol. The average molecular weight is 462 g/mol. The molecule has 0 aromatic heterocycles. The van der Waals surface area contributed by atoms with Gasteiger partial charge in [0.1, 0.15) is 34.5 Å². The molecule has 7 heteroatoms. The van der Waals surface area contributed by atoms with E-state index in [9.17, 15) is 0 Å². The molecule has 0 fully saturated rings. The molecule has 34 heavy (non-hydrogen) atoms. The highest BCUT2D eigenvalue weighted by Gasteiger charge is 2.51. The molecule has 176 valence electrons. The molecule has 6 rings (SSSR count). The van der Waals surface area contributed by atoms with Gasteiger partial charge in [-0.05, 0) is 75.4 Å². The Bertz CT molecular complexity index is 1080. The maximum atomic E-state index is 6.58. The molecule has 0 N–H and O–H groups in total. The molecule has 0 spiro atoms. The number of nitrogens with zero attached hydrogens (tertiary/aromatic N) is 1. The molecule has 0 aliphatic carbocycles. The van der Waals surface area contributed by atoms with Crippen LogP contribution in [0.5, 0.6) is 34.5 Å². The topological polar surface area (TPSA) is 58.6 Å². The van der Waals surface area contributed by atoms with Crippen LogP contribution in [0.15, 0.2) is 54.6 Å². The van der Waals surface area contributed by atoms with Crippen molar-refractivity contribution in [1.29, 1.82) is 0 Å². The third-order valence-electron chi connectivity index (χ3n) is 6.20. The first-order chi connectivity index (χ1) is 16.7. The molecule has 3 aliphatic heterocycles. The molecule has 7 nitrogen and oxygen atoms in total. The minimum Gasteiger partial charge on any atom is -0.494 e. The zero-order chi connectivity index (χ0) is 23.2. The van der Waals surface area contributed by atoms with Gasteiger partial charge in [0.25, 0.3) is 0 Å². The fraction of sp³-hybridized carbons (Fsp3) is 0.333. The third kappa shape index (κ3) is 3.30. The Kier molecular flexibility index (Phi) is 5.14. The van der Waals surface area contributed by atoms with Gasteiger partial charge in [-0.15, -0.1) is 0 Å². The molecule has 0 unspecified atom stereocenters. The molecule has 3 aromatic carbocycles. The maximum absolute atomic E-state index is 6.58. The lowest BCUT2D eigenvalue weighted by Crippen LogP contribution is -2.50. The van der Waals surface area contributed by atoms with Crippen LogP contribution in [0.3, 0.4) is 0 Å². The number of benzene rings is 3. The van der Waals surface area contributed by atoms with Gasteiger partial charge in [0.05, 0.1) is 36.5 Å². The highest BCUT2D eigenvalue weighted by atomic mass is 16.6. The largest absolute Gasteiger partial charge is 0.494 e. The van der Waals surface area contributed by atoms with Gasteiger partial charge in [-0.3, -0.25) is 0 Å². The lowest BCUT2D eigenvalue weighted by molar-refractivity contribution is -0.202. The molecule has 0 saturated heterocycles. The standard InChI is InChI=1S/C27H27NO6/c1-4-29-16-7-10-22-19(13-16)25-28-26(32-22)21-15-18(31-6-3)9-12-24(21)34-27(28)20-14-17(30-5-2)8-11-23(20)33-25/h7-15,25-27H,4-6H2,1-3H3/t25-,26-,27-/m1/s1. The van der Waals surface area contributed by atoms with Crippen molar-refractivity contribution in [2.75, 3.05) is 19.8 Å². The van der Waals surface area contributed by atoms with E-state index in [-0.39, 0.29) is 0 Å². The SMILES string of the molecule is CCOc1ccc2c(c1)[C@H]1Oc3ccc(OCC)cc3[C@H]3Oc4ccc(OCC)cc4[C@@H](O2)N13. The van der Waals surface area contributed by atoms with Crippen LogP contribution in [0.2, 0.25) is 0 Å². The summed E-state index contributed by atoms with van der Waals surface area (Å²) in [6.07, 6.45) is -1.23. The van der Waals surface area contributed by atoms with E-state index in [2.05, 4.69) is 4.90 Å². The van der Waals surface area contributed by atoms with Crippen LogP contribution >= 0.6 is 0 Å². The van der Waals surface area contributed by atoms with Crippen molar-refractivity contribution in [1.82, 2.24) is 4.90 Å². The number of hydrogen-bond acceptors (Lipinski definition) is 7. The van der Waals surface area contributed by atoms with Gasteiger partial charge in [0.2, 0.25) is 0 Å². The van der Waals surface area contributed by atoms with E-state index in [0.29, 0.717) is 19.8 Å². The van der Waals surface area contributed by atoms with Gasteiger partial charge in [-0.2, -0.15) is 4.90 Å². The van der Waals surface area contributed by atoms with Crippen molar-refractivity contribution in [3.8, 4) is 34.5 Å². The van der Waals surface area contributed by atoms with E-state index < -0.39 is 18.7 Å². The molecule has 0 saturated carbocycles. The fourth-order valence-corrected chi connectivity index (χ4v) is 4.83. The molecule has 3 atom stereocenters. The highest BCUT2D eigenvalue weighted by molar-refractivity contribution is 5.52. The molecule has 0 radical (unpaired) electrons. The second-order valence-corrected chi connectivity index (χ2v) is 8.26. The second kappa shape index (κ2) is 8.33. The predicted octanol–water partition coefficient (Wildman–Crippen LogP) is 5.76. The van der Waals surface area contributed by atoms with E-state index in [1.807, 2.05) is 75.4 Å². The molecule has 3 aromatic rings. The molecular formula is C27H27NO6. The number of ether oxygens (including phenoxy) is 6. The van der Waals surface area contributed by atoms with Crippen molar-refractivity contribution in [2.45, 2.75) is 39.5 Å². The summed E-state index contributed by atoms with van der Waals surface area (Å²) in [6, 6.07) is 17.6. The minimum atomic E-state index is -0.409. The van der Waals surface area contributed by atoms with E-state index in [0.717, 1.165) is 51.2 Å². The fourth-order valence-electron chi connectivity index (χ4n) is 4.83. The number of hydrogen-bond donors (Lipinski definition) is 0. The van der Waals surface area contributed by atoms with Gasteiger partial charge < -0.3 is 28.4 Å². The van der Waals surface area contributed by atoms with Crippen molar-refractivity contribution in [3.63, 3.8) is 0 Å². The van der Waals surface area contributed by atoms with Gasteiger partial charge in [0, 0.05) is 0 Å². The summed E-state index contributed by atoms with van der Waals surface area (Å²) in [5, 5.41) is 0. The van der Waals surface area contributed by atoms with Crippen LogP contribution in [0, 0.1) is 0 Å². The summed E-state index contributed by atoms with van der Waals surface area (Å²) < 4.78 is 37.0. The monoisotopic (exact) mass is 461 g/mol. The van der Waals surface area contributed by atoms with E-state index in [1.54, 1.807) is 0 Å². The van der Waals surface area contributed by atoms with Crippen LogP contribution in [-0.4, -0.2) is 24.7 Å². The Morgan fingerprint density at radius 3 is 1.18 bits per heavy atom. The van der Waals surface area contributed by atoms with Crippen molar-refractivity contribution >= 4 is 0 Å². The molecule has 0 bridgehead atoms. The molecule has 3 heterocycles. The quantitative estimate of drug-likeness (QED) is 0.463. The Hall–Kier alpha value is -3.58. The first-order valence-electron chi connectivity index (χ1n) is 11.8. The Balaban J connectivity index is 1.51. The highest BCUT2D eigenvalue weighted by Crippen LogP contribution is 2.57. The summed E-state index contributed by atoms with van der Waals surface area (Å²) >= 11 is 0. The van der Waals surface area contributed by atoms with Gasteiger partial charge in [-0.25, -0.2) is 0 Å². The molecule has 0 amide bonds. The van der Waals surface area contributed by atoms with Crippen molar-refractivity contribution in [3.05, 3.63) is 71.3 Å². The summed E-state index contributed by atoms with van der Waals surface area (Å²) in [4.78, 5) is 2.12. The summed E-state index contributed by atoms with van der Waals surface area (Å²) in [7, 11) is 0. The summed E-state index contributed by atoms with van der Waals surface area (Å²) in [5.41, 5.74) is 2.71. The van der Waals surface area contributed by atoms with E-state index >= 15 is 0 Å². The Labute approximate surface area is 198 Å². The summed E-state index contributed by atoms with van der Waals surface area (Å²) in [6.45, 7) is 7.66. The van der Waals surface area contributed by atoms with Crippen LogP contribution < -0.4 is 28.4 Å². The van der Waals surface area contributed by atoms with Crippen molar-refractivity contribution < 1.29 is 28.4 Å². The van der Waals surface area contributed by atoms with Crippen LogP contribution in [0.1, 0.15) is 56.1 Å².